The van der Waals surface area contributed by atoms with Crippen LogP contribution < -0.4 is 0 Å². The Hall–Kier alpha value is -3.00. The predicted octanol–water partition coefficient (Wildman–Crippen LogP) is 4.01. The summed E-state index contributed by atoms with van der Waals surface area (Å²) in [5.41, 5.74) is 2.52. The largest absolute Gasteiger partial charge is 0.452 e. The topological polar surface area (TPSA) is 85.5 Å². The molecule has 2 heterocycles. The smallest absolute Gasteiger partial charge is 0.338 e. The molecule has 0 N–H and O–H groups in total. The molecule has 1 aromatic carbocycles. The van der Waals surface area contributed by atoms with Crippen molar-refractivity contribution in [3.8, 4) is 10.8 Å². The number of benzene rings is 1. The third-order valence-corrected chi connectivity index (χ3v) is 5.30. The summed E-state index contributed by atoms with van der Waals surface area (Å²) >= 11 is 1.50. The van der Waals surface area contributed by atoms with Crippen LogP contribution in [0.25, 0.3) is 10.8 Å². The van der Waals surface area contributed by atoms with Crippen LogP contribution in [0.1, 0.15) is 40.7 Å². The highest BCUT2D eigenvalue weighted by Gasteiger charge is 2.19. The molecule has 152 valence electrons. The van der Waals surface area contributed by atoms with E-state index in [0.29, 0.717) is 23.9 Å². The summed E-state index contributed by atoms with van der Waals surface area (Å²) < 4.78 is 10.9. The van der Waals surface area contributed by atoms with Crippen LogP contribution in [0.15, 0.2) is 40.1 Å². The molecule has 2 aromatic heterocycles. The lowest BCUT2D eigenvalue weighted by Gasteiger charge is -2.20. The van der Waals surface area contributed by atoms with Gasteiger partial charge in [-0.05, 0) is 55.0 Å². The first-order valence-electron chi connectivity index (χ1n) is 9.36. The van der Waals surface area contributed by atoms with Crippen LogP contribution in [-0.2, 0) is 16.1 Å². The summed E-state index contributed by atoms with van der Waals surface area (Å²) in [6, 6.07) is 9.11. The first kappa shape index (κ1) is 20.7. The Morgan fingerprint density at radius 3 is 2.69 bits per heavy atom. The van der Waals surface area contributed by atoms with Crippen LogP contribution in [0.2, 0.25) is 0 Å². The van der Waals surface area contributed by atoms with Crippen molar-refractivity contribution in [2.45, 2.75) is 33.7 Å². The molecule has 0 saturated heterocycles. The fourth-order valence-electron chi connectivity index (χ4n) is 2.71. The molecule has 0 atom stereocenters. The third kappa shape index (κ3) is 5.29. The van der Waals surface area contributed by atoms with Gasteiger partial charge in [-0.2, -0.15) is 0 Å². The van der Waals surface area contributed by atoms with E-state index in [9.17, 15) is 9.59 Å². The maximum atomic E-state index is 12.6. The number of hydrogen-bond donors (Lipinski definition) is 0. The Labute approximate surface area is 173 Å². The average Bonchev–Trinajstić information content (AvgIpc) is 3.39. The zero-order valence-electron chi connectivity index (χ0n) is 16.7. The zero-order valence-corrected chi connectivity index (χ0v) is 17.5. The molecule has 0 aliphatic heterocycles. The number of ether oxygens (including phenoxy) is 1. The quantitative estimate of drug-likeness (QED) is 0.519. The van der Waals surface area contributed by atoms with E-state index >= 15 is 0 Å². The predicted molar refractivity (Wildman–Crippen MR) is 110 cm³/mol. The first-order valence-corrected chi connectivity index (χ1v) is 10.2. The Morgan fingerprint density at radius 1 is 1.17 bits per heavy atom. The van der Waals surface area contributed by atoms with Crippen molar-refractivity contribution in [3.63, 3.8) is 0 Å². The first-order chi connectivity index (χ1) is 14.0. The van der Waals surface area contributed by atoms with Crippen molar-refractivity contribution in [2.75, 3.05) is 13.2 Å². The van der Waals surface area contributed by atoms with E-state index in [-0.39, 0.29) is 19.1 Å². The standard InChI is InChI=1S/C21H23N3O4S/c1-4-9-24(12-18-22-23-20(28-18)17-6-5-10-29-17)19(25)13-27-21(26)16-8-7-14(2)15(3)11-16/h5-8,10-11H,4,9,12-13H2,1-3H3. The lowest BCUT2D eigenvalue weighted by Crippen LogP contribution is -2.35. The van der Waals surface area contributed by atoms with E-state index < -0.39 is 5.97 Å². The van der Waals surface area contributed by atoms with Gasteiger partial charge in [0.25, 0.3) is 11.8 Å². The molecule has 0 saturated carbocycles. The Morgan fingerprint density at radius 2 is 2.00 bits per heavy atom. The second-order valence-electron chi connectivity index (χ2n) is 6.67. The highest BCUT2D eigenvalue weighted by molar-refractivity contribution is 7.13. The van der Waals surface area contributed by atoms with Gasteiger partial charge >= 0.3 is 5.97 Å². The van der Waals surface area contributed by atoms with Gasteiger partial charge in [0.05, 0.1) is 17.0 Å². The maximum Gasteiger partial charge on any atom is 0.338 e. The van der Waals surface area contributed by atoms with Gasteiger partial charge in [-0.3, -0.25) is 4.79 Å². The molecule has 3 aromatic rings. The molecule has 0 spiro atoms. The van der Waals surface area contributed by atoms with Gasteiger partial charge in [0, 0.05) is 6.54 Å². The minimum Gasteiger partial charge on any atom is -0.452 e. The normalized spacial score (nSPS) is 10.7. The molecular formula is C21H23N3O4S. The van der Waals surface area contributed by atoms with E-state index in [1.165, 1.54) is 11.3 Å². The highest BCUT2D eigenvalue weighted by atomic mass is 32.1. The number of carbonyl (C=O) groups is 2. The molecule has 0 unspecified atom stereocenters. The molecule has 3 rings (SSSR count). The average molecular weight is 413 g/mol. The molecule has 0 bridgehead atoms. The van der Waals surface area contributed by atoms with Gasteiger partial charge in [0.1, 0.15) is 0 Å². The number of nitrogens with zero attached hydrogens (tertiary/aromatic N) is 3. The number of esters is 1. The van der Waals surface area contributed by atoms with Crippen molar-refractivity contribution >= 4 is 23.2 Å². The second kappa shape index (κ2) is 9.47. The van der Waals surface area contributed by atoms with Crippen LogP contribution in [0.3, 0.4) is 0 Å². The van der Waals surface area contributed by atoms with Gasteiger partial charge in [0.2, 0.25) is 5.89 Å². The zero-order chi connectivity index (χ0) is 20.8. The van der Waals surface area contributed by atoms with Crippen LogP contribution in [-0.4, -0.2) is 40.1 Å². The number of hydrogen-bond acceptors (Lipinski definition) is 7. The summed E-state index contributed by atoms with van der Waals surface area (Å²) in [7, 11) is 0. The van der Waals surface area contributed by atoms with Crippen LogP contribution >= 0.6 is 11.3 Å². The molecule has 0 aliphatic carbocycles. The molecule has 0 fully saturated rings. The summed E-state index contributed by atoms with van der Waals surface area (Å²) in [6.07, 6.45) is 0.753. The van der Waals surface area contributed by atoms with E-state index in [2.05, 4.69) is 10.2 Å². The van der Waals surface area contributed by atoms with Crippen molar-refractivity contribution in [1.29, 1.82) is 0 Å². The van der Waals surface area contributed by atoms with Gasteiger partial charge in [-0.15, -0.1) is 21.5 Å². The lowest BCUT2D eigenvalue weighted by molar-refractivity contribution is -0.135. The number of aryl methyl sites for hydroxylation is 2. The molecular weight excluding hydrogens is 390 g/mol. The van der Waals surface area contributed by atoms with Gasteiger partial charge in [0.15, 0.2) is 6.61 Å². The van der Waals surface area contributed by atoms with E-state index in [1.807, 2.05) is 44.4 Å². The fourth-order valence-corrected chi connectivity index (χ4v) is 3.36. The van der Waals surface area contributed by atoms with Gasteiger partial charge in [-0.25, -0.2) is 4.79 Å². The van der Waals surface area contributed by atoms with Crippen molar-refractivity contribution in [3.05, 3.63) is 58.3 Å². The Kier molecular flexibility index (Phi) is 6.77. The summed E-state index contributed by atoms with van der Waals surface area (Å²) in [4.78, 5) is 27.3. The van der Waals surface area contributed by atoms with E-state index in [0.717, 1.165) is 22.4 Å². The fraction of sp³-hybridized carbons (Fsp3) is 0.333. The van der Waals surface area contributed by atoms with E-state index in [1.54, 1.807) is 17.0 Å². The Bertz CT molecular complexity index is 982. The molecule has 0 radical (unpaired) electrons. The number of aromatic nitrogens is 2. The number of rotatable bonds is 8. The third-order valence-electron chi connectivity index (χ3n) is 4.44. The monoisotopic (exact) mass is 413 g/mol. The minimum atomic E-state index is -0.518. The van der Waals surface area contributed by atoms with E-state index in [4.69, 9.17) is 9.15 Å². The number of carbonyl (C=O) groups excluding carboxylic acids is 2. The lowest BCUT2D eigenvalue weighted by atomic mass is 10.1. The molecule has 8 heteroatoms. The van der Waals surface area contributed by atoms with Crippen LogP contribution in [0.4, 0.5) is 0 Å². The van der Waals surface area contributed by atoms with Crippen molar-refractivity contribution < 1.29 is 18.7 Å². The molecule has 1 amide bonds. The minimum absolute atomic E-state index is 0.173. The Balaban J connectivity index is 1.60. The van der Waals surface area contributed by atoms with Crippen molar-refractivity contribution in [1.82, 2.24) is 15.1 Å². The SMILES string of the molecule is CCCN(Cc1nnc(-c2cccs2)o1)C(=O)COC(=O)c1ccc(C)c(C)c1. The highest BCUT2D eigenvalue weighted by Crippen LogP contribution is 2.23. The maximum absolute atomic E-state index is 12.6. The van der Waals surface area contributed by atoms with Crippen molar-refractivity contribution in [2.24, 2.45) is 0 Å². The van der Waals surface area contributed by atoms with Gasteiger partial charge in [-0.1, -0.05) is 19.1 Å². The second-order valence-corrected chi connectivity index (χ2v) is 7.62. The molecule has 29 heavy (non-hydrogen) atoms. The molecule has 7 nitrogen and oxygen atoms in total. The van der Waals surface area contributed by atoms with Crippen LogP contribution in [0, 0.1) is 13.8 Å². The molecule has 0 aliphatic rings. The summed E-state index contributed by atoms with van der Waals surface area (Å²) in [6.45, 7) is 6.19. The summed E-state index contributed by atoms with van der Waals surface area (Å²) in [5.74, 6) is -0.0497. The van der Waals surface area contributed by atoms with Crippen LogP contribution in [0.5, 0.6) is 0 Å². The van der Waals surface area contributed by atoms with Gasteiger partial charge < -0.3 is 14.1 Å². The number of thiophene rings is 1. The number of amides is 1. The summed E-state index contributed by atoms with van der Waals surface area (Å²) in [5, 5.41) is 9.98.